The lowest BCUT2D eigenvalue weighted by atomic mass is 9.91. The fourth-order valence-electron chi connectivity index (χ4n) is 2.03. The minimum Gasteiger partial charge on any atom is -0.493 e. The number of halogens is 1. The van der Waals surface area contributed by atoms with Gasteiger partial charge in [0, 0.05) is 18.4 Å². The molecule has 4 nitrogen and oxygen atoms in total. The van der Waals surface area contributed by atoms with E-state index >= 15 is 0 Å². The first-order valence-electron chi connectivity index (χ1n) is 6.73. The van der Waals surface area contributed by atoms with Crippen molar-refractivity contribution >= 4 is 21.9 Å². The Kier molecular flexibility index (Phi) is 7.02. The Hall–Kier alpha value is -1.07. The van der Waals surface area contributed by atoms with Gasteiger partial charge >= 0.3 is 5.97 Å². The maximum Gasteiger partial charge on any atom is 0.336 e. The number of carboxylic acids is 1. The maximum atomic E-state index is 11.5. The first-order chi connectivity index (χ1) is 9.57. The zero-order valence-electron chi connectivity index (χ0n) is 11.9. The largest absolute Gasteiger partial charge is 0.493 e. The van der Waals surface area contributed by atoms with Gasteiger partial charge in [-0.1, -0.05) is 35.0 Å². The van der Waals surface area contributed by atoms with Crippen molar-refractivity contribution in [2.75, 3.05) is 18.5 Å². The highest BCUT2D eigenvalue weighted by molar-refractivity contribution is 9.09. The van der Waals surface area contributed by atoms with Gasteiger partial charge in [0.25, 0.3) is 0 Å². The van der Waals surface area contributed by atoms with Crippen LogP contribution in [0.15, 0.2) is 24.3 Å². The Morgan fingerprint density at radius 1 is 1.30 bits per heavy atom. The molecule has 0 fully saturated rings. The summed E-state index contributed by atoms with van der Waals surface area (Å²) in [6, 6.07) is 7.48. The molecule has 0 aromatic heterocycles. The Bertz CT molecular complexity index is 418. The van der Waals surface area contributed by atoms with Gasteiger partial charge in [-0.15, -0.1) is 0 Å². The molecule has 112 valence electrons. The number of ether oxygens (including phenoxy) is 2. The number of hydrogen-bond acceptors (Lipinski definition) is 3. The summed E-state index contributed by atoms with van der Waals surface area (Å²) in [6.07, 6.45) is 0.781. The lowest BCUT2D eigenvalue weighted by Gasteiger charge is -2.28. The summed E-state index contributed by atoms with van der Waals surface area (Å²) in [5.41, 5.74) is -0.221. The molecule has 1 N–H and O–H groups in total. The molecule has 0 spiro atoms. The van der Waals surface area contributed by atoms with E-state index in [0.29, 0.717) is 26.1 Å². The predicted molar refractivity (Wildman–Crippen MR) is 81.7 cm³/mol. The monoisotopic (exact) mass is 344 g/mol. The number of alkyl halides is 1. The average Bonchev–Trinajstić information content (AvgIpc) is 2.45. The van der Waals surface area contributed by atoms with Gasteiger partial charge in [-0.25, -0.2) is 4.79 Å². The molecule has 0 bridgehead atoms. The van der Waals surface area contributed by atoms with Crippen molar-refractivity contribution in [2.45, 2.75) is 32.3 Å². The standard InChI is InChI=1S/C15H21BrO4/c1-3-15(14(17)18,20-4-2)11-12-5-7-13(8-6-12)19-10-9-16/h5-8H,3-4,9-11H2,1-2H3,(H,17,18). The lowest BCUT2D eigenvalue weighted by molar-refractivity contribution is -0.166. The van der Waals surface area contributed by atoms with Crippen LogP contribution in [0.3, 0.4) is 0 Å². The molecule has 1 rings (SSSR count). The summed E-state index contributed by atoms with van der Waals surface area (Å²) < 4.78 is 11.0. The minimum atomic E-state index is -1.15. The lowest BCUT2D eigenvalue weighted by Crippen LogP contribution is -2.43. The van der Waals surface area contributed by atoms with E-state index in [1.165, 1.54) is 0 Å². The van der Waals surface area contributed by atoms with Crippen molar-refractivity contribution in [3.63, 3.8) is 0 Å². The molecule has 20 heavy (non-hydrogen) atoms. The SMILES string of the molecule is CCOC(CC)(Cc1ccc(OCCBr)cc1)C(=O)O. The van der Waals surface area contributed by atoms with Crippen LogP contribution < -0.4 is 4.74 Å². The number of aliphatic carboxylic acids is 1. The topological polar surface area (TPSA) is 55.8 Å². The Labute approximate surface area is 128 Å². The molecule has 1 atom stereocenters. The van der Waals surface area contributed by atoms with E-state index in [1.54, 1.807) is 0 Å². The molecule has 0 saturated carbocycles. The van der Waals surface area contributed by atoms with E-state index in [-0.39, 0.29) is 0 Å². The number of rotatable bonds is 9. The van der Waals surface area contributed by atoms with Crippen LogP contribution in [0.5, 0.6) is 5.75 Å². The van der Waals surface area contributed by atoms with Crippen molar-refractivity contribution in [3.8, 4) is 5.75 Å². The molecule has 0 aliphatic carbocycles. The van der Waals surface area contributed by atoms with Gasteiger partial charge in [-0.05, 0) is 31.0 Å². The van der Waals surface area contributed by atoms with Gasteiger partial charge in [0.15, 0.2) is 5.60 Å². The third kappa shape index (κ3) is 4.49. The van der Waals surface area contributed by atoms with Crippen LogP contribution in [0.1, 0.15) is 25.8 Å². The molecular weight excluding hydrogens is 324 g/mol. The van der Waals surface area contributed by atoms with Gasteiger partial charge < -0.3 is 14.6 Å². The fourth-order valence-corrected chi connectivity index (χ4v) is 2.19. The minimum absolute atomic E-state index is 0.353. The summed E-state index contributed by atoms with van der Waals surface area (Å²) in [5, 5.41) is 10.2. The number of hydrogen-bond donors (Lipinski definition) is 1. The molecule has 0 aliphatic heterocycles. The highest BCUT2D eigenvalue weighted by Gasteiger charge is 2.37. The maximum absolute atomic E-state index is 11.5. The second kappa shape index (κ2) is 8.27. The molecule has 0 radical (unpaired) electrons. The molecular formula is C15H21BrO4. The van der Waals surface area contributed by atoms with Crippen LogP contribution in [0, 0.1) is 0 Å². The van der Waals surface area contributed by atoms with Crippen molar-refractivity contribution < 1.29 is 19.4 Å². The molecule has 1 unspecified atom stereocenters. The molecule has 0 saturated heterocycles. The van der Waals surface area contributed by atoms with E-state index in [9.17, 15) is 9.90 Å². The summed E-state index contributed by atoms with van der Waals surface area (Å²) >= 11 is 3.30. The average molecular weight is 345 g/mol. The van der Waals surface area contributed by atoms with E-state index in [1.807, 2.05) is 38.1 Å². The second-order valence-electron chi connectivity index (χ2n) is 4.44. The number of carboxylic acid groups (broad SMARTS) is 1. The summed E-state index contributed by atoms with van der Waals surface area (Å²) in [4.78, 5) is 11.5. The zero-order valence-corrected chi connectivity index (χ0v) is 13.5. The quantitative estimate of drug-likeness (QED) is 0.698. The highest BCUT2D eigenvalue weighted by Crippen LogP contribution is 2.24. The van der Waals surface area contributed by atoms with Crippen LogP contribution >= 0.6 is 15.9 Å². The molecule has 1 aromatic rings. The summed E-state index contributed by atoms with van der Waals surface area (Å²) in [7, 11) is 0. The van der Waals surface area contributed by atoms with Crippen LogP contribution in [-0.2, 0) is 16.0 Å². The van der Waals surface area contributed by atoms with Crippen LogP contribution in [0.2, 0.25) is 0 Å². The predicted octanol–water partition coefficient (Wildman–Crippen LogP) is 3.27. The Morgan fingerprint density at radius 2 is 1.95 bits per heavy atom. The smallest absolute Gasteiger partial charge is 0.336 e. The van der Waals surface area contributed by atoms with Crippen molar-refractivity contribution in [1.29, 1.82) is 0 Å². The normalized spacial score (nSPS) is 13.8. The molecule has 0 heterocycles. The highest BCUT2D eigenvalue weighted by atomic mass is 79.9. The number of carbonyl (C=O) groups is 1. The summed E-state index contributed by atoms with van der Waals surface area (Å²) in [6.45, 7) is 4.63. The third-order valence-corrected chi connectivity index (χ3v) is 3.46. The second-order valence-corrected chi connectivity index (χ2v) is 5.24. The summed E-state index contributed by atoms with van der Waals surface area (Å²) in [5.74, 6) is -0.136. The van der Waals surface area contributed by atoms with Crippen molar-refractivity contribution in [2.24, 2.45) is 0 Å². The van der Waals surface area contributed by atoms with Gasteiger partial charge in [0.1, 0.15) is 5.75 Å². The van der Waals surface area contributed by atoms with Gasteiger partial charge in [0.2, 0.25) is 0 Å². The molecule has 5 heteroatoms. The van der Waals surface area contributed by atoms with Crippen LogP contribution in [-0.4, -0.2) is 35.2 Å². The van der Waals surface area contributed by atoms with E-state index in [4.69, 9.17) is 9.47 Å². The van der Waals surface area contributed by atoms with Crippen LogP contribution in [0.25, 0.3) is 0 Å². The fraction of sp³-hybridized carbons (Fsp3) is 0.533. The third-order valence-electron chi connectivity index (χ3n) is 3.14. The first kappa shape index (κ1) is 17.0. The molecule has 0 amide bonds. The molecule has 0 aliphatic rings. The van der Waals surface area contributed by atoms with E-state index in [0.717, 1.165) is 16.6 Å². The van der Waals surface area contributed by atoms with Crippen molar-refractivity contribution in [3.05, 3.63) is 29.8 Å². The molecule has 1 aromatic carbocycles. The first-order valence-corrected chi connectivity index (χ1v) is 7.85. The van der Waals surface area contributed by atoms with Crippen molar-refractivity contribution in [1.82, 2.24) is 0 Å². The zero-order chi connectivity index (χ0) is 15.0. The van der Waals surface area contributed by atoms with Gasteiger partial charge in [-0.2, -0.15) is 0 Å². The Balaban J connectivity index is 2.81. The van der Waals surface area contributed by atoms with Crippen LogP contribution in [0.4, 0.5) is 0 Å². The Morgan fingerprint density at radius 3 is 2.40 bits per heavy atom. The van der Waals surface area contributed by atoms with E-state index in [2.05, 4.69) is 15.9 Å². The van der Waals surface area contributed by atoms with Gasteiger partial charge in [-0.3, -0.25) is 0 Å². The van der Waals surface area contributed by atoms with Gasteiger partial charge in [0.05, 0.1) is 6.61 Å². The number of benzene rings is 1. The van der Waals surface area contributed by atoms with E-state index < -0.39 is 11.6 Å².